The van der Waals surface area contributed by atoms with Crippen LogP contribution in [0.4, 0.5) is 4.39 Å². The molecule has 0 fully saturated rings. The predicted molar refractivity (Wildman–Crippen MR) is 109 cm³/mol. The molecule has 0 saturated carbocycles. The zero-order chi connectivity index (χ0) is 17.7. The number of halogens is 2. The van der Waals surface area contributed by atoms with Gasteiger partial charge in [0, 0.05) is 33.1 Å². The molecule has 0 unspecified atom stereocenters. The molecule has 0 amide bonds. The van der Waals surface area contributed by atoms with Gasteiger partial charge in [0.25, 0.3) is 0 Å². The van der Waals surface area contributed by atoms with Crippen molar-refractivity contribution >= 4 is 29.9 Å². The average Bonchev–Trinajstić information content (AvgIpc) is 2.93. The van der Waals surface area contributed by atoms with Gasteiger partial charge < -0.3 is 10.2 Å². The fourth-order valence-corrected chi connectivity index (χ4v) is 2.45. The predicted octanol–water partition coefficient (Wildman–Crippen LogP) is 2.56. The minimum atomic E-state index is -0.232. The molecule has 0 saturated heterocycles. The van der Waals surface area contributed by atoms with E-state index in [9.17, 15) is 4.39 Å². The molecule has 6 nitrogen and oxygen atoms in total. The summed E-state index contributed by atoms with van der Waals surface area (Å²) in [5.74, 6) is 1.39. The Hall–Kier alpha value is -1.71. The first kappa shape index (κ1) is 21.3. The van der Waals surface area contributed by atoms with Crippen LogP contribution in [-0.2, 0) is 19.0 Å². The van der Waals surface area contributed by atoms with Gasteiger partial charge in [-0.15, -0.1) is 24.0 Å². The number of benzene rings is 1. The van der Waals surface area contributed by atoms with E-state index in [0.717, 1.165) is 17.3 Å². The Morgan fingerprint density at radius 1 is 1.40 bits per heavy atom. The first-order chi connectivity index (χ1) is 11.3. The van der Waals surface area contributed by atoms with Gasteiger partial charge in [-0.3, -0.25) is 9.67 Å². The van der Waals surface area contributed by atoms with E-state index in [-0.39, 0.29) is 35.2 Å². The van der Waals surface area contributed by atoms with Crippen molar-refractivity contribution < 1.29 is 4.39 Å². The van der Waals surface area contributed by atoms with Crippen LogP contribution >= 0.6 is 24.0 Å². The molecule has 2 aromatic rings. The Morgan fingerprint density at radius 3 is 2.68 bits per heavy atom. The molecule has 0 atom stereocenters. The Morgan fingerprint density at radius 2 is 2.12 bits per heavy atom. The monoisotopic (exact) mass is 460 g/mol. The second-order valence-corrected chi connectivity index (χ2v) is 6.45. The largest absolute Gasteiger partial charge is 0.355 e. The van der Waals surface area contributed by atoms with Gasteiger partial charge in [0.05, 0.1) is 6.54 Å². The minimum absolute atomic E-state index is 0. The molecule has 0 aliphatic carbocycles. The summed E-state index contributed by atoms with van der Waals surface area (Å²) in [6, 6.07) is 6.71. The molecule has 1 aromatic carbocycles. The maximum absolute atomic E-state index is 13.5. The van der Waals surface area contributed by atoms with E-state index in [0.29, 0.717) is 13.1 Å². The topological polar surface area (TPSA) is 58.3 Å². The first-order valence-electron chi connectivity index (χ1n) is 7.84. The third-order valence-corrected chi connectivity index (χ3v) is 4.05. The van der Waals surface area contributed by atoms with E-state index >= 15 is 0 Å². The maximum atomic E-state index is 13.5. The highest BCUT2D eigenvalue weighted by atomic mass is 127. The van der Waals surface area contributed by atoms with Crippen molar-refractivity contribution in [2.45, 2.75) is 25.8 Å². The molecule has 8 heteroatoms. The standard InChI is InChI=1S/C17H25FN6.HI/c1-17(2,13-7-6-8-14(18)9-13)11-20-16(19-3)23(4)10-15-21-12-22-24(15)5;/h6-9,12H,10-11H2,1-5H3,(H,19,20);1H. The van der Waals surface area contributed by atoms with E-state index in [1.807, 2.05) is 25.1 Å². The number of hydrogen-bond donors (Lipinski definition) is 1. The van der Waals surface area contributed by atoms with E-state index in [1.165, 1.54) is 12.4 Å². The molecule has 0 spiro atoms. The van der Waals surface area contributed by atoms with Gasteiger partial charge in [-0.1, -0.05) is 26.0 Å². The second kappa shape index (κ2) is 9.12. The van der Waals surface area contributed by atoms with Crippen LogP contribution in [0.2, 0.25) is 0 Å². The minimum Gasteiger partial charge on any atom is -0.355 e. The molecule has 1 aromatic heterocycles. The maximum Gasteiger partial charge on any atom is 0.193 e. The lowest BCUT2D eigenvalue weighted by atomic mass is 9.84. The summed E-state index contributed by atoms with van der Waals surface area (Å²) in [6.07, 6.45) is 1.53. The SMILES string of the molecule is CN=C(NCC(C)(C)c1cccc(F)c1)N(C)Cc1ncnn1C.I. The molecule has 0 aliphatic heterocycles. The van der Waals surface area contributed by atoms with E-state index in [2.05, 4.69) is 34.2 Å². The highest BCUT2D eigenvalue weighted by Gasteiger charge is 2.22. The number of rotatable bonds is 5. The lowest BCUT2D eigenvalue weighted by Crippen LogP contribution is -2.44. The number of aryl methyl sites for hydroxylation is 1. The van der Waals surface area contributed by atoms with Gasteiger partial charge >= 0.3 is 0 Å². The quantitative estimate of drug-likeness (QED) is 0.424. The number of nitrogens with one attached hydrogen (secondary N) is 1. The zero-order valence-corrected chi connectivity index (χ0v) is 17.7. The lowest BCUT2D eigenvalue weighted by molar-refractivity contribution is 0.430. The summed E-state index contributed by atoms with van der Waals surface area (Å²) in [5.41, 5.74) is 0.713. The summed E-state index contributed by atoms with van der Waals surface area (Å²) in [7, 11) is 5.54. The molecule has 0 radical (unpaired) electrons. The molecule has 0 aliphatic rings. The van der Waals surface area contributed by atoms with Crippen molar-refractivity contribution in [3.05, 3.63) is 47.8 Å². The van der Waals surface area contributed by atoms with Gasteiger partial charge in [0.2, 0.25) is 0 Å². The molecular weight excluding hydrogens is 434 g/mol. The lowest BCUT2D eigenvalue weighted by Gasteiger charge is -2.29. The van der Waals surface area contributed by atoms with Crippen molar-refractivity contribution in [3.63, 3.8) is 0 Å². The normalized spacial score (nSPS) is 11.8. The van der Waals surface area contributed by atoms with Crippen molar-refractivity contribution in [1.29, 1.82) is 0 Å². The van der Waals surface area contributed by atoms with Crippen molar-refractivity contribution in [2.75, 3.05) is 20.6 Å². The fraction of sp³-hybridized carbons (Fsp3) is 0.471. The third-order valence-electron chi connectivity index (χ3n) is 4.05. The number of aliphatic imine (C=N–C) groups is 1. The zero-order valence-electron chi connectivity index (χ0n) is 15.3. The van der Waals surface area contributed by atoms with Gasteiger partial charge in [-0.05, 0) is 17.7 Å². The molecule has 1 heterocycles. The van der Waals surface area contributed by atoms with Crippen molar-refractivity contribution in [1.82, 2.24) is 25.0 Å². The molecule has 25 heavy (non-hydrogen) atoms. The fourth-order valence-electron chi connectivity index (χ4n) is 2.45. The molecule has 2 rings (SSSR count). The first-order valence-corrected chi connectivity index (χ1v) is 7.84. The summed E-state index contributed by atoms with van der Waals surface area (Å²) in [4.78, 5) is 10.5. The number of hydrogen-bond acceptors (Lipinski definition) is 3. The Labute approximate surface area is 165 Å². The van der Waals surface area contributed by atoms with Crippen molar-refractivity contribution in [2.24, 2.45) is 12.0 Å². The van der Waals surface area contributed by atoms with Gasteiger partial charge in [-0.2, -0.15) is 5.10 Å². The second-order valence-electron chi connectivity index (χ2n) is 6.45. The van der Waals surface area contributed by atoms with Crippen LogP contribution < -0.4 is 5.32 Å². The molecule has 138 valence electrons. The Kier molecular flexibility index (Phi) is 7.78. The van der Waals surface area contributed by atoms with E-state index in [1.54, 1.807) is 23.9 Å². The van der Waals surface area contributed by atoms with Crippen LogP contribution in [0, 0.1) is 5.82 Å². The Balaban J connectivity index is 0.00000312. The van der Waals surface area contributed by atoms with Crippen molar-refractivity contribution in [3.8, 4) is 0 Å². The van der Waals surface area contributed by atoms with E-state index < -0.39 is 0 Å². The summed E-state index contributed by atoms with van der Waals surface area (Å²) in [5, 5.41) is 7.43. The molecular formula is C17H26FIN6. The third kappa shape index (κ3) is 5.65. The van der Waals surface area contributed by atoms with Gasteiger partial charge in [0.1, 0.15) is 18.0 Å². The van der Waals surface area contributed by atoms with Gasteiger partial charge in [-0.25, -0.2) is 9.37 Å². The van der Waals surface area contributed by atoms with Crippen LogP contribution in [0.15, 0.2) is 35.6 Å². The van der Waals surface area contributed by atoms with Gasteiger partial charge in [0.15, 0.2) is 5.96 Å². The summed E-state index contributed by atoms with van der Waals surface area (Å²) < 4.78 is 15.2. The molecule has 1 N–H and O–H groups in total. The highest BCUT2D eigenvalue weighted by molar-refractivity contribution is 14.0. The Bertz CT molecular complexity index is 713. The van der Waals surface area contributed by atoms with E-state index in [4.69, 9.17) is 0 Å². The number of guanidine groups is 1. The average molecular weight is 460 g/mol. The molecule has 0 bridgehead atoms. The highest BCUT2D eigenvalue weighted by Crippen LogP contribution is 2.22. The van der Waals surface area contributed by atoms with Crippen LogP contribution in [0.25, 0.3) is 0 Å². The summed E-state index contributed by atoms with van der Waals surface area (Å²) in [6.45, 7) is 5.37. The number of aromatic nitrogens is 3. The smallest absolute Gasteiger partial charge is 0.193 e. The van der Waals surface area contributed by atoms with Crippen LogP contribution in [0.3, 0.4) is 0 Å². The van der Waals surface area contributed by atoms with Crippen LogP contribution in [0.5, 0.6) is 0 Å². The number of nitrogens with zero attached hydrogens (tertiary/aromatic N) is 5. The van der Waals surface area contributed by atoms with Crippen LogP contribution in [0.1, 0.15) is 25.2 Å². The van der Waals surface area contributed by atoms with Crippen LogP contribution in [-0.4, -0.2) is 46.3 Å². The summed E-state index contributed by atoms with van der Waals surface area (Å²) >= 11 is 0.